The topological polar surface area (TPSA) is 38.3 Å². The van der Waals surface area contributed by atoms with Crippen LogP contribution in [0.5, 0.6) is 0 Å². The Morgan fingerprint density at radius 2 is 2.05 bits per heavy atom. The van der Waals surface area contributed by atoms with Crippen LogP contribution in [0.2, 0.25) is 0 Å². The zero-order valence-electron chi connectivity index (χ0n) is 12.4. The number of hydrogen-bond donors (Lipinski definition) is 1. The van der Waals surface area contributed by atoms with Crippen LogP contribution in [-0.2, 0) is 4.74 Å². The number of halogens is 3. The van der Waals surface area contributed by atoms with E-state index in [1.165, 1.54) is 7.11 Å². The Morgan fingerprint density at radius 3 is 2.62 bits per heavy atom. The Kier molecular flexibility index (Phi) is 6.05. The second-order valence-corrected chi connectivity index (χ2v) is 5.02. The first-order chi connectivity index (χ1) is 9.74. The Labute approximate surface area is 122 Å². The molecule has 0 saturated carbocycles. The molecule has 0 aliphatic heterocycles. The molecule has 118 valence electrons. The van der Waals surface area contributed by atoms with Crippen LogP contribution in [0.4, 0.5) is 18.9 Å². The number of methoxy groups -OCH3 is 1. The van der Waals surface area contributed by atoms with Crippen molar-refractivity contribution in [2.24, 2.45) is 0 Å². The Morgan fingerprint density at radius 1 is 1.38 bits per heavy atom. The summed E-state index contributed by atoms with van der Waals surface area (Å²) in [5.74, 6) is -0.430. The Hall–Kier alpha value is -1.72. The molecular weight excluding hydrogens is 283 g/mol. The van der Waals surface area contributed by atoms with E-state index in [2.05, 4.69) is 10.1 Å². The first-order valence-electron chi connectivity index (χ1n) is 6.76. The number of carbonyl (C=O) groups excluding carboxylic acids is 1. The molecule has 1 N–H and O–H groups in total. The minimum atomic E-state index is -4.11. The predicted octanol–water partition coefficient (Wildman–Crippen LogP) is 4.31. The predicted molar refractivity (Wildman–Crippen MR) is 75.5 cm³/mol. The monoisotopic (exact) mass is 303 g/mol. The molecule has 1 aromatic rings. The van der Waals surface area contributed by atoms with Gasteiger partial charge in [-0.05, 0) is 44.4 Å². The lowest BCUT2D eigenvalue weighted by Crippen LogP contribution is -2.18. The zero-order valence-corrected chi connectivity index (χ0v) is 12.4. The van der Waals surface area contributed by atoms with Gasteiger partial charge in [0.15, 0.2) is 0 Å². The summed E-state index contributed by atoms with van der Waals surface area (Å²) in [5, 5.41) is 3.14. The maximum atomic E-state index is 12.1. The van der Waals surface area contributed by atoms with Gasteiger partial charge in [-0.25, -0.2) is 4.79 Å². The number of rotatable bonds is 6. The molecule has 0 aromatic heterocycles. The first kappa shape index (κ1) is 17.3. The quantitative estimate of drug-likeness (QED) is 0.796. The van der Waals surface area contributed by atoms with Crippen LogP contribution in [0.3, 0.4) is 0 Å². The molecule has 3 nitrogen and oxygen atoms in total. The lowest BCUT2D eigenvalue weighted by Gasteiger charge is -2.18. The van der Waals surface area contributed by atoms with Gasteiger partial charge in [-0.15, -0.1) is 0 Å². The number of benzene rings is 1. The van der Waals surface area contributed by atoms with Gasteiger partial charge in [-0.1, -0.05) is 6.07 Å². The molecular formula is C15H20F3NO2. The molecule has 0 radical (unpaired) electrons. The van der Waals surface area contributed by atoms with Crippen molar-refractivity contribution in [2.75, 3.05) is 12.4 Å². The molecule has 0 aliphatic carbocycles. The lowest BCUT2D eigenvalue weighted by atomic mass is 10.1. The lowest BCUT2D eigenvalue weighted by molar-refractivity contribution is -0.135. The van der Waals surface area contributed by atoms with Crippen molar-refractivity contribution >= 4 is 11.7 Å². The van der Waals surface area contributed by atoms with Gasteiger partial charge in [0.2, 0.25) is 0 Å². The molecule has 0 heterocycles. The number of nitrogens with one attached hydrogen (secondary N) is 1. The highest BCUT2D eigenvalue weighted by atomic mass is 19.4. The normalized spacial score (nSPS) is 12.9. The van der Waals surface area contributed by atoms with Gasteiger partial charge < -0.3 is 10.1 Å². The van der Waals surface area contributed by atoms with E-state index in [0.29, 0.717) is 12.0 Å². The second kappa shape index (κ2) is 7.33. The van der Waals surface area contributed by atoms with Gasteiger partial charge in [0.1, 0.15) is 0 Å². The summed E-state index contributed by atoms with van der Waals surface area (Å²) in [6.07, 6.45) is -4.41. The number of anilines is 1. The standard InChI is InChI=1S/C15H20F3NO2/c1-10(6-5-9-15(16,17)18)19-13-8-4-7-12(11(13)2)14(20)21-3/h4,7-8,10,19H,5-6,9H2,1-3H3. The summed E-state index contributed by atoms with van der Waals surface area (Å²) in [6.45, 7) is 3.59. The van der Waals surface area contributed by atoms with E-state index in [0.717, 1.165) is 11.3 Å². The van der Waals surface area contributed by atoms with Crippen molar-refractivity contribution in [3.05, 3.63) is 29.3 Å². The van der Waals surface area contributed by atoms with E-state index >= 15 is 0 Å². The summed E-state index contributed by atoms with van der Waals surface area (Å²) >= 11 is 0. The third-order valence-corrected chi connectivity index (χ3v) is 3.24. The summed E-state index contributed by atoms with van der Waals surface area (Å²) in [5.41, 5.74) is 1.91. The van der Waals surface area contributed by atoms with E-state index in [-0.39, 0.29) is 12.5 Å². The molecule has 0 fully saturated rings. The summed E-state index contributed by atoms with van der Waals surface area (Å²) in [7, 11) is 1.31. The average molecular weight is 303 g/mol. The molecule has 0 amide bonds. The van der Waals surface area contributed by atoms with E-state index in [4.69, 9.17) is 0 Å². The van der Waals surface area contributed by atoms with Gasteiger partial charge in [0, 0.05) is 18.2 Å². The van der Waals surface area contributed by atoms with Crippen LogP contribution < -0.4 is 5.32 Å². The van der Waals surface area contributed by atoms with Gasteiger partial charge >= 0.3 is 12.1 Å². The molecule has 6 heteroatoms. The van der Waals surface area contributed by atoms with Gasteiger partial charge in [-0.2, -0.15) is 13.2 Å². The number of ether oxygens (including phenoxy) is 1. The zero-order chi connectivity index (χ0) is 16.0. The fraction of sp³-hybridized carbons (Fsp3) is 0.533. The molecule has 1 rings (SSSR count). The summed E-state index contributed by atoms with van der Waals surface area (Å²) in [6, 6.07) is 5.05. The van der Waals surface area contributed by atoms with Gasteiger partial charge in [0.05, 0.1) is 12.7 Å². The van der Waals surface area contributed by atoms with Crippen LogP contribution in [0.15, 0.2) is 18.2 Å². The van der Waals surface area contributed by atoms with Crippen molar-refractivity contribution in [1.29, 1.82) is 0 Å². The van der Waals surface area contributed by atoms with E-state index in [1.54, 1.807) is 25.1 Å². The van der Waals surface area contributed by atoms with Crippen LogP contribution in [0.1, 0.15) is 42.1 Å². The molecule has 1 unspecified atom stereocenters. The highest BCUT2D eigenvalue weighted by molar-refractivity contribution is 5.92. The number of alkyl halides is 3. The largest absolute Gasteiger partial charge is 0.465 e. The third kappa shape index (κ3) is 5.65. The highest BCUT2D eigenvalue weighted by Crippen LogP contribution is 2.24. The SMILES string of the molecule is COC(=O)c1cccc(NC(C)CCCC(F)(F)F)c1C. The minimum Gasteiger partial charge on any atom is -0.465 e. The molecule has 1 atom stereocenters. The second-order valence-electron chi connectivity index (χ2n) is 5.02. The first-order valence-corrected chi connectivity index (χ1v) is 6.76. The van der Waals surface area contributed by atoms with E-state index in [1.807, 2.05) is 6.92 Å². The molecule has 0 spiro atoms. The van der Waals surface area contributed by atoms with Crippen molar-refractivity contribution in [2.45, 2.75) is 45.3 Å². The molecule has 1 aromatic carbocycles. The van der Waals surface area contributed by atoms with Gasteiger partial charge in [-0.3, -0.25) is 0 Å². The highest BCUT2D eigenvalue weighted by Gasteiger charge is 2.26. The molecule has 0 bridgehead atoms. The summed E-state index contributed by atoms with van der Waals surface area (Å²) < 4.78 is 41.0. The van der Waals surface area contributed by atoms with Crippen molar-refractivity contribution in [3.63, 3.8) is 0 Å². The Bertz CT molecular complexity index is 486. The third-order valence-electron chi connectivity index (χ3n) is 3.24. The maximum absolute atomic E-state index is 12.1. The minimum absolute atomic E-state index is 0.0768. The fourth-order valence-electron chi connectivity index (χ4n) is 2.07. The van der Waals surface area contributed by atoms with Crippen LogP contribution in [-0.4, -0.2) is 25.3 Å². The van der Waals surface area contributed by atoms with E-state index < -0.39 is 18.6 Å². The van der Waals surface area contributed by atoms with E-state index in [9.17, 15) is 18.0 Å². The Balaban J connectivity index is 2.64. The molecule has 21 heavy (non-hydrogen) atoms. The van der Waals surface area contributed by atoms with Gasteiger partial charge in [0.25, 0.3) is 0 Å². The number of carbonyl (C=O) groups is 1. The van der Waals surface area contributed by atoms with Crippen LogP contribution in [0.25, 0.3) is 0 Å². The average Bonchev–Trinajstić information content (AvgIpc) is 2.39. The number of esters is 1. The van der Waals surface area contributed by atoms with Crippen molar-refractivity contribution < 1.29 is 22.7 Å². The fourth-order valence-corrected chi connectivity index (χ4v) is 2.07. The summed E-state index contributed by atoms with van der Waals surface area (Å²) in [4.78, 5) is 11.6. The van der Waals surface area contributed by atoms with Crippen molar-refractivity contribution in [1.82, 2.24) is 0 Å². The van der Waals surface area contributed by atoms with Crippen molar-refractivity contribution in [3.8, 4) is 0 Å². The smallest absolute Gasteiger partial charge is 0.389 e. The molecule has 0 saturated heterocycles. The van der Waals surface area contributed by atoms with Crippen LogP contribution >= 0.6 is 0 Å². The van der Waals surface area contributed by atoms with Crippen LogP contribution in [0, 0.1) is 6.92 Å². The number of hydrogen-bond acceptors (Lipinski definition) is 3. The molecule has 0 aliphatic rings. The maximum Gasteiger partial charge on any atom is 0.389 e.